The molecule has 1 heterocycles. The van der Waals surface area contributed by atoms with Crippen LogP contribution in [0.15, 0.2) is 0 Å². The predicted molar refractivity (Wildman–Crippen MR) is 79.4 cm³/mol. The van der Waals surface area contributed by atoms with Crippen LogP contribution in [0, 0.1) is 5.92 Å². The van der Waals surface area contributed by atoms with E-state index in [1.54, 1.807) is 0 Å². The van der Waals surface area contributed by atoms with Crippen molar-refractivity contribution in [2.75, 3.05) is 13.2 Å². The summed E-state index contributed by atoms with van der Waals surface area (Å²) in [6.45, 7) is 2.23. The molecular weight excluding hydrogens is 234 g/mol. The van der Waals surface area contributed by atoms with Gasteiger partial charge >= 0.3 is 0 Å². The van der Waals surface area contributed by atoms with Gasteiger partial charge in [0.15, 0.2) is 0 Å². The van der Waals surface area contributed by atoms with Crippen LogP contribution in [0.3, 0.4) is 0 Å². The van der Waals surface area contributed by atoms with Crippen LogP contribution in [0.5, 0.6) is 0 Å². The Kier molecular flexibility index (Phi) is 4.81. The van der Waals surface area contributed by atoms with E-state index < -0.39 is 0 Å². The fourth-order valence-corrected chi connectivity index (χ4v) is 4.54. The van der Waals surface area contributed by atoms with E-state index in [-0.39, 0.29) is 5.60 Å². The average Bonchev–Trinajstić information content (AvgIpc) is 2.93. The zero-order valence-corrected chi connectivity index (χ0v) is 12.5. The predicted octanol–water partition coefficient (Wildman–Crippen LogP) is 4.04. The monoisotopic (exact) mass is 265 g/mol. The van der Waals surface area contributed by atoms with Gasteiger partial charge in [-0.2, -0.15) is 0 Å². The van der Waals surface area contributed by atoms with E-state index >= 15 is 0 Å². The SMILES string of the molecule is C1CCC2(CC1)CC(NCCC1CCCC1)CCO2. The maximum Gasteiger partial charge on any atom is 0.0697 e. The zero-order chi connectivity index (χ0) is 13.0. The Morgan fingerprint density at radius 2 is 1.74 bits per heavy atom. The molecule has 0 aromatic heterocycles. The van der Waals surface area contributed by atoms with Gasteiger partial charge < -0.3 is 10.1 Å². The quantitative estimate of drug-likeness (QED) is 0.828. The Balaban J connectivity index is 1.40. The van der Waals surface area contributed by atoms with Gasteiger partial charge in [0.1, 0.15) is 0 Å². The summed E-state index contributed by atoms with van der Waals surface area (Å²) in [4.78, 5) is 0. The summed E-state index contributed by atoms with van der Waals surface area (Å²) in [6.07, 6.45) is 16.7. The van der Waals surface area contributed by atoms with Gasteiger partial charge in [-0.15, -0.1) is 0 Å². The highest BCUT2D eigenvalue weighted by Crippen LogP contribution is 2.38. The molecule has 3 fully saturated rings. The third-order valence-electron chi connectivity index (χ3n) is 5.72. The third-order valence-corrected chi connectivity index (χ3v) is 5.72. The van der Waals surface area contributed by atoms with Crippen LogP contribution in [0.1, 0.15) is 77.0 Å². The van der Waals surface area contributed by atoms with Gasteiger partial charge in [0.05, 0.1) is 5.60 Å². The van der Waals surface area contributed by atoms with Gasteiger partial charge in [-0.05, 0) is 44.6 Å². The van der Waals surface area contributed by atoms with Crippen molar-refractivity contribution in [3.8, 4) is 0 Å². The Hall–Kier alpha value is -0.0800. The van der Waals surface area contributed by atoms with Crippen molar-refractivity contribution in [1.29, 1.82) is 0 Å². The molecule has 1 aliphatic heterocycles. The standard InChI is InChI=1S/C17H31NO/c1-4-10-17(11-5-1)14-16(9-13-19-17)18-12-8-15-6-2-3-7-15/h15-16,18H,1-14H2. The molecule has 2 aliphatic carbocycles. The minimum Gasteiger partial charge on any atom is -0.375 e. The number of rotatable bonds is 4. The van der Waals surface area contributed by atoms with Gasteiger partial charge in [-0.1, -0.05) is 44.9 Å². The van der Waals surface area contributed by atoms with E-state index in [1.807, 2.05) is 0 Å². The molecule has 0 amide bonds. The second kappa shape index (κ2) is 6.58. The minimum atomic E-state index is 0.265. The number of ether oxygens (including phenoxy) is 1. The number of hydrogen-bond donors (Lipinski definition) is 1. The molecule has 0 bridgehead atoms. The maximum atomic E-state index is 6.18. The summed E-state index contributed by atoms with van der Waals surface area (Å²) >= 11 is 0. The first kappa shape index (κ1) is 13.9. The molecule has 1 saturated heterocycles. The lowest BCUT2D eigenvalue weighted by Gasteiger charge is -2.43. The van der Waals surface area contributed by atoms with E-state index in [9.17, 15) is 0 Å². The molecule has 2 heteroatoms. The third kappa shape index (κ3) is 3.72. The molecule has 2 nitrogen and oxygen atoms in total. The normalized spacial score (nSPS) is 31.9. The lowest BCUT2D eigenvalue weighted by Crippen LogP contribution is -2.48. The lowest BCUT2D eigenvalue weighted by atomic mass is 9.78. The Labute approximate surface area is 118 Å². The van der Waals surface area contributed by atoms with Crippen LogP contribution in [-0.2, 0) is 4.74 Å². The summed E-state index contributed by atoms with van der Waals surface area (Å²) in [5, 5.41) is 3.84. The van der Waals surface area contributed by atoms with E-state index in [0.717, 1.165) is 18.6 Å². The first-order chi connectivity index (χ1) is 9.36. The molecule has 1 unspecified atom stereocenters. The van der Waals surface area contributed by atoms with Crippen LogP contribution in [0.2, 0.25) is 0 Å². The van der Waals surface area contributed by atoms with Crippen LogP contribution in [0.4, 0.5) is 0 Å². The molecule has 1 N–H and O–H groups in total. The molecule has 1 atom stereocenters. The minimum absolute atomic E-state index is 0.265. The molecule has 0 aromatic carbocycles. The van der Waals surface area contributed by atoms with Gasteiger partial charge in [-0.25, -0.2) is 0 Å². The van der Waals surface area contributed by atoms with E-state index in [1.165, 1.54) is 83.6 Å². The van der Waals surface area contributed by atoms with Gasteiger partial charge in [0.2, 0.25) is 0 Å². The molecule has 110 valence electrons. The van der Waals surface area contributed by atoms with Crippen LogP contribution in [-0.4, -0.2) is 24.8 Å². The Bertz CT molecular complexity index is 261. The van der Waals surface area contributed by atoms with Crippen molar-refractivity contribution in [2.24, 2.45) is 5.92 Å². The van der Waals surface area contributed by atoms with Crippen LogP contribution >= 0.6 is 0 Å². The van der Waals surface area contributed by atoms with Crippen LogP contribution in [0.25, 0.3) is 0 Å². The molecule has 3 aliphatic rings. The zero-order valence-electron chi connectivity index (χ0n) is 12.5. The highest BCUT2D eigenvalue weighted by atomic mass is 16.5. The van der Waals surface area contributed by atoms with E-state index in [0.29, 0.717) is 0 Å². The first-order valence-corrected chi connectivity index (χ1v) is 8.74. The van der Waals surface area contributed by atoms with Crippen molar-refractivity contribution < 1.29 is 4.74 Å². The summed E-state index contributed by atoms with van der Waals surface area (Å²) in [7, 11) is 0. The van der Waals surface area contributed by atoms with Gasteiger partial charge in [0, 0.05) is 12.6 Å². The van der Waals surface area contributed by atoms with Gasteiger partial charge in [-0.3, -0.25) is 0 Å². The fraction of sp³-hybridized carbons (Fsp3) is 1.00. The lowest BCUT2D eigenvalue weighted by molar-refractivity contribution is -0.109. The smallest absolute Gasteiger partial charge is 0.0697 e. The largest absolute Gasteiger partial charge is 0.375 e. The van der Waals surface area contributed by atoms with Crippen molar-refractivity contribution in [3.63, 3.8) is 0 Å². The Morgan fingerprint density at radius 3 is 2.53 bits per heavy atom. The number of hydrogen-bond acceptors (Lipinski definition) is 2. The first-order valence-electron chi connectivity index (χ1n) is 8.74. The molecule has 19 heavy (non-hydrogen) atoms. The molecule has 0 radical (unpaired) electrons. The maximum absolute atomic E-state index is 6.18. The Morgan fingerprint density at radius 1 is 0.947 bits per heavy atom. The molecule has 2 saturated carbocycles. The van der Waals surface area contributed by atoms with E-state index in [2.05, 4.69) is 5.32 Å². The fourth-order valence-electron chi connectivity index (χ4n) is 4.54. The van der Waals surface area contributed by atoms with Crippen molar-refractivity contribution in [1.82, 2.24) is 5.32 Å². The molecular formula is C17H31NO. The van der Waals surface area contributed by atoms with E-state index in [4.69, 9.17) is 4.74 Å². The van der Waals surface area contributed by atoms with Crippen LogP contribution < -0.4 is 5.32 Å². The summed E-state index contributed by atoms with van der Waals surface area (Å²) in [5.74, 6) is 1.02. The van der Waals surface area contributed by atoms with Gasteiger partial charge in [0.25, 0.3) is 0 Å². The second-order valence-electron chi connectivity index (χ2n) is 7.18. The van der Waals surface area contributed by atoms with Crippen molar-refractivity contribution in [3.05, 3.63) is 0 Å². The summed E-state index contributed by atoms with van der Waals surface area (Å²) < 4.78 is 6.18. The summed E-state index contributed by atoms with van der Waals surface area (Å²) in [6, 6.07) is 0.730. The topological polar surface area (TPSA) is 21.3 Å². The average molecular weight is 265 g/mol. The highest BCUT2D eigenvalue weighted by Gasteiger charge is 2.38. The summed E-state index contributed by atoms with van der Waals surface area (Å²) in [5.41, 5.74) is 0.265. The molecule has 1 spiro atoms. The van der Waals surface area contributed by atoms with Crippen molar-refractivity contribution in [2.45, 2.75) is 88.7 Å². The number of nitrogens with one attached hydrogen (secondary N) is 1. The molecule has 3 rings (SSSR count). The highest BCUT2D eigenvalue weighted by molar-refractivity contribution is 4.92. The second-order valence-corrected chi connectivity index (χ2v) is 7.18. The molecule has 0 aromatic rings. The van der Waals surface area contributed by atoms with Crippen molar-refractivity contribution >= 4 is 0 Å².